The molecule has 4 heteroatoms. The Hall–Kier alpha value is -1.58. The summed E-state index contributed by atoms with van der Waals surface area (Å²) in [6.45, 7) is 2.91. The van der Waals surface area contributed by atoms with Crippen LogP contribution in [0.1, 0.15) is 12.6 Å². The van der Waals surface area contributed by atoms with Gasteiger partial charge in [-0.25, -0.2) is 4.98 Å². The molecule has 0 bridgehead atoms. The third kappa shape index (κ3) is 1.69. The maximum Gasteiger partial charge on any atom is 0.213 e. The first-order chi connectivity index (χ1) is 6.79. The first kappa shape index (κ1) is 8.99. The molecule has 1 aromatic heterocycles. The second-order valence-corrected chi connectivity index (χ2v) is 3.30. The molecule has 0 spiro atoms. The number of hydrogen-bond acceptors (Lipinski definition) is 4. The van der Waals surface area contributed by atoms with E-state index in [1.54, 1.807) is 7.11 Å². The summed E-state index contributed by atoms with van der Waals surface area (Å²) in [6.07, 6.45) is 0. The highest BCUT2D eigenvalue weighted by atomic mass is 16.5. The zero-order valence-corrected chi connectivity index (χ0v) is 8.32. The first-order valence-electron chi connectivity index (χ1n) is 4.62. The first-order valence-corrected chi connectivity index (χ1v) is 4.62. The molecule has 1 aromatic rings. The van der Waals surface area contributed by atoms with E-state index in [1.165, 1.54) is 0 Å². The van der Waals surface area contributed by atoms with E-state index in [2.05, 4.69) is 22.2 Å². The molecular weight excluding hydrogens is 178 g/mol. The van der Waals surface area contributed by atoms with Gasteiger partial charge in [0, 0.05) is 12.1 Å². The van der Waals surface area contributed by atoms with Gasteiger partial charge in [-0.1, -0.05) is 6.07 Å². The van der Waals surface area contributed by atoms with Gasteiger partial charge in [-0.2, -0.15) is 0 Å². The number of nitrogens with one attached hydrogen (secondary N) is 1. The average Bonchev–Trinajstić information content (AvgIpc) is 2.65. The van der Waals surface area contributed by atoms with Crippen molar-refractivity contribution >= 4 is 5.84 Å². The third-order valence-corrected chi connectivity index (χ3v) is 2.08. The number of aliphatic imine (C=N–C) groups is 1. The predicted octanol–water partition coefficient (Wildman–Crippen LogP) is 0.828. The highest BCUT2D eigenvalue weighted by Crippen LogP contribution is 2.09. The Kier molecular flexibility index (Phi) is 2.35. The van der Waals surface area contributed by atoms with Gasteiger partial charge in [0.15, 0.2) is 0 Å². The van der Waals surface area contributed by atoms with Crippen LogP contribution in [0.2, 0.25) is 0 Å². The molecule has 1 aliphatic rings. The number of aromatic nitrogens is 1. The fraction of sp³-hybridized carbons (Fsp3) is 0.400. The fourth-order valence-electron chi connectivity index (χ4n) is 1.37. The lowest BCUT2D eigenvalue weighted by molar-refractivity contribution is 0.397. The molecule has 0 saturated carbocycles. The summed E-state index contributed by atoms with van der Waals surface area (Å²) in [5, 5.41) is 3.25. The van der Waals surface area contributed by atoms with Crippen molar-refractivity contribution in [3.8, 4) is 5.88 Å². The molecule has 14 heavy (non-hydrogen) atoms. The minimum atomic E-state index is 0.401. The molecule has 4 nitrogen and oxygen atoms in total. The highest BCUT2D eigenvalue weighted by Gasteiger charge is 2.15. The fourth-order valence-corrected chi connectivity index (χ4v) is 1.37. The van der Waals surface area contributed by atoms with Crippen LogP contribution in [0, 0.1) is 0 Å². The monoisotopic (exact) mass is 191 g/mol. The van der Waals surface area contributed by atoms with Crippen LogP contribution in [0.3, 0.4) is 0 Å². The zero-order chi connectivity index (χ0) is 9.97. The van der Waals surface area contributed by atoms with Crippen molar-refractivity contribution in [2.75, 3.05) is 13.7 Å². The molecule has 74 valence electrons. The van der Waals surface area contributed by atoms with E-state index in [9.17, 15) is 0 Å². The summed E-state index contributed by atoms with van der Waals surface area (Å²) in [5.74, 6) is 1.47. The standard InChI is InChI=1S/C10H13N3O/c1-7-6-11-10(12-7)8-4-3-5-9(13-8)14-2/h3-5,7H,6H2,1-2H3,(H,11,12). The number of ether oxygens (including phenoxy) is 1. The lowest BCUT2D eigenvalue weighted by atomic mass is 10.3. The van der Waals surface area contributed by atoms with Gasteiger partial charge in [0.05, 0.1) is 13.7 Å². The summed E-state index contributed by atoms with van der Waals surface area (Å²) >= 11 is 0. The second kappa shape index (κ2) is 3.65. The topological polar surface area (TPSA) is 46.5 Å². The highest BCUT2D eigenvalue weighted by molar-refractivity contribution is 5.98. The van der Waals surface area contributed by atoms with Gasteiger partial charge >= 0.3 is 0 Å². The number of rotatable bonds is 2. The van der Waals surface area contributed by atoms with Crippen LogP contribution in [0.25, 0.3) is 0 Å². The Morgan fingerprint density at radius 1 is 1.50 bits per heavy atom. The van der Waals surface area contributed by atoms with Crippen molar-refractivity contribution in [1.29, 1.82) is 0 Å². The molecule has 1 aliphatic heterocycles. The lowest BCUT2D eigenvalue weighted by Crippen LogP contribution is -2.28. The normalized spacial score (nSPS) is 20.1. The minimum absolute atomic E-state index is 0.401. The largest absolute Gasteiger partial charge is 0.481 e. The summed E-state index contributed by atoms with van der Waals surface area (Å²) in [5.41, 5.74) is 0.841. The maximum absolute atomic E-state index is 5.05. The van der Waals surface area contributed by atoms with Crippen molar-refractivity contribution in [3.63, 3.8) is 0 Å². The van der Waals surface area contributed by atoms with Crippen molar-refractivity contribution in [1.82, 2.24) is 10.3 Å². The third-order valence-electron chi connectivity index (χ3n) is 2.08. The van der Waals surface area contributed by atoms with Crippen LogP contribution in [-0.2, 0) is 0 Å². The van der Waals surface area contributed by atoms with Gasteiger partial charge in [0.25, 0.3) is 0 Å². The van der Waals surface area contributed by atoms with Crippen molar-refractivity contribution in [2.45, 2.75) is 13.0 Å². The molecule has 1 N–H and O–H groups in total. The van der Waals surface area contributed by atoms with E-state index < -0.39 is 0 Å². The molecule has 0 amide bonds. The van der Waals surface area contributed by atoms with E-state index in [-0.39, 0.29) is 0 Å². The smallest absolute Gasteiger partial charge is 0.213 e. The molecular formula is C10H13N3O. The van der Waals surface area contributed by atoms with E-state index in [1.807, 2.05) is 18.2 Å². The van der Waals surface area contributed by atoms with Gasteiger partial charge in [0.2, 0.25) is 5.88 Å². The van der Waals surface area contributed by atoms with E-state index >= 15 is 0 Å². The molecule has 2 rings (SSSR count). The lowest BCUT2D eigenvalue weighted by Gasteiger charge is -2.06. The number of hydrogen-bond donors (Lipinski definition) is 1. The number of amidine groups is 1. The summed E-state index contributed by atoms with van der Waals surface area (Å²) in [7, 11) is 1.61. The van der Waals surface area contributed by atoms with Gasteiger partial charge in [-0.05, 0) is 13.0 Å². The number of methoxy groups -OCH3 is 1. The number of nitrogens with zero attached hydrogens (tertiary/aromatic N) is 2. The maximum atomic E-state index is 5.05. The van der Waals surface area contributed by atoms with E-state index in [0.717, 1.165) is 18.1 Å². The molecule has 1 unspecified atom stereocenters. The van der Waals surface area contributed by atoms with Crippen molar-refractivity contribution in [2.24, 2.45) is 4.99 Å². The molecule has 0 fully saturated rings. The van der Waals surface area contributed by atoms with Crippen molar-refractivity contribution < 1.29 is 4.74 Å². The van der Waals surface area contributed by atoms with Crippen molar-refractivity contribution in [3.05, 3.63) is 23.9 Å². The number of pyridine rings is 1. The molecule has 0 radical (unpaired) electrons. The van der Waals surface area contributed by atoms with Crippen LogP contribution in [-0.4, -0.2) is 30.5 Å². The minimum Gasteiger partial charge on any atom is -0.481 e. The SMILES string of the molecule is COc1cccc(C2=NCC(C)N2)n1. The van der Waals surface area contributed by atoms with Gasteiger partial charge in [-0.15, -0.1) is 0 Å². The van der Waals surface area contributed by atoms with Gasteiger partial charge in [0.1, 0.15) is 11.5 Å². The zero-order valence-electron chi connectivity index (χ0n) is 8.32. The molecule has 0 aromatic carbocycles. The average molecular weight is 191 g/mol. The van der Waals surface area contributed by atoms with Crippen LogP contribution in [0.15, 0.2) is 23.2 Å². The van der Waals surface area contributed by atoms with Crippen LogP contribution >= 0.6 is 0 Å². The second-order valence-electron chi connectivity index (χ2n) is 3.30. The molecule has 0 saturated heterocycles. The Morgan fingerprint density at radius 3 is 3.00 bits per heavy atom. The Balaban J connectivity index is 2.24. The summed E-state index contributed by atoms with van der Waals surface area (Å²) in [6, 6.07) is 6.06. The molecule has 2 heterocycles. The summed E-state index contributed by atoms with van der Waals surface area (Å²) in [4.78, 5) is 8.64. The van der Waals surface area contributed by atoms with Gasteiger partial charge in [-0.3, -0.25) is 4.99 Å². The van der Waals surface area contributed by atoms with Gasteiger partial charge < -0.3 is 10.1 Å². The molecule has 1 atom stereocenters. The quantitative estimate of drug-likeness (QED) is 0.753. The van der Waals surface area contributed by atoms with E-state index in [4.69, 9.17) is 4.74 Å². The Bertz CT molecular complexity index is 362. The van der Waals surface area contributed by atoms with Crippen LogP contribution in [0.4, 0.5) is 0 Å². The van der Waals surface area contributed by atoms with Crippen LogP contribution in [0.5, 0.6) is 5.88 Å². The van der Waals surface area contributed by atoms with E-state index in [0.29, 0.717) is 11.9 Å². The predicted molar refractivity (Wildman–Crippen MR) is 54.8 cm³/mol. The Morgan fingerprint density at radius 2 is 2.36 bits per heavy atom. The Labute approximate surface area is 83.0 Å². The molecule has 0 aliphatic carbocycles. The summed E-state index contributed by atoms with van der Waals surface area (Å²) < 4.78 is 5.05. The van der Waals surface area contributed by atoms with Crippen LogP contribution < -0.4 is 10.1 Å².